The highest BCUT2D eigenvalue weighted by Gasteiger charge is 2.26. The van der Waals surface area contributed by atoms with E-state index in [1.165, 1.54) is 24.8 Å². The van der Waals surface area contributed by atoms with Gasteiger partial charge >= 0.3 is 0 Å². The van der Waals surface area contributed by atoms with Crippen molar-refractivity contribution in [3.8, 4) is 5.75 Å². The fourth-order valence-electron chi connectivity index (χ4n) is 2.22. The number of aryl methyl sites for hydroxylation is 1. The van der Waals surface area contributed by atoms with Crippen molar-refractivity contribution >= 4 is 0 Å². The first-order valence-electron chi connectivity index (χ1n) is 6.19. The number of para-hydroxylation sites is 1. The summed E-state index contributed by atoms with van der Waals surface area (Å²) in [6, 6.07) is 8.16. The summed E-state index contributed by atoms with van der Waals surface area (Å²) in [6.45, 7) is 3.60. The first-order chi connectivity index (χ1) is 7.81. The lowest BCUT2D eigenvalue weighted by molar-refractivity contribution is 0.141. The van der Waals surface area contributed by atoms with E-state index < -0.39 is 0 Å². The minimum atomic E-state index is 0.536. The van der Waals surface area contributed by atoms with Crippen LogP contribution in [0.2, 0.25) is 0 Å². The standard InChI is InChI=1S/C14H21NO/c1-11-5-2-3-8-14(11)16-10-13(9-15)12-6-4-7-12/h2-3,5,8,12-13H,4,6-7,9-10,15H2,1H3. The van der Waals surface area contributed by atoms with Gasteiger partial charge < -0.3 is 10.5 Å². The number of benzene rings is 1. The number of nitrogens with two attached hydrogens (primary N) is 1. The average Bonchev–Trinajstić information content (AvgIpc) is 2.23. The molecule has 0 aromatic heterocycles. The van der Waals surface area contributed by atoms with E-state index in [2.05, 4.69) is 13.0 Å². The van der Waals surface area contributed by atoms with Crippen LogP contribution in [0.4, 0.5) is 0 Å². The Bertz CT molecular complexity index is 333. The van der Waals surface area contributed by atoms with Crippen LogP contribution in [0.15, 0.2) is 24.3 Å². The molecule has 0 saturated heterocycles. The van der Waals surface area contributed by atoms with Gasteiger partial charge in [0.25, 0.3) is 0 Å². The predicted octanol–water partition coefficient (Wildman–Crippen LogP) is 2.75. The Labute approximate surface area is 97.8 Å². The van der Waals surface area contributed by atoms with Gasteiger partial charge in [0.05, 0.1) is 6.61 Å². The Kier molecular flexibility index (Phi) is 3.83. The largest absolute Gasteiger partial charge is 0.493 e. The van der Waals surface area contributed by atoms with Crippen molar-refractivity contribution in [3.63, 3.8) is 0 Å². The van der Waals surface area contributed by atoms with Gasteiger partial charge in [-0.25, -0.2) is 0 Å². The smallest absolute Gasteiger partial charge is 0.122 e. The fourth-order valence-corrected chi connectivity index (χ4v) is 2.22. The molecular formula is C14H21NO. The van der Waals surface area contributed by atoms with Crippen molar-refractivity contribution in [2.75, 3.05) is 13.2 Å². The van der Waals surface area contributed by atoms with Crippen LogP contribution in [0.5, 0.6) is 5.75 Å². The third-order valence-electron chi connectivity index (χ3n) is 3.67. The third kappa shape index (κ3) is 2.56. The maximum Gasteiger partial charge on any atom is 0.122 e. The second kappa shape index (κ2) is 5.35. The Hall–Kier alpha value is -1.02. The summed E-state index contributed by atoms with van der Waals surface area (Å²) in [7, 11) is 0. The molecule has 2 nitrogen and oxygen atoms in total. The summed E-state index contributed by atoms with van der Waals surface area (Å²) in [5, 5.41) is 0. The van der Waals surface area contributed by atoms with Crippen LogP contribution in [-0.4, -0.2) is 13.2 Å². The summed E-state index contributed by atoms with van der Waals surface area (Å²) in [4.78, 5) is 0. The van der Waals surface area contributed by atoms with Crippen LogP contribution in [0.25, 0.3) is 0 Å². The molecular weight excluding hydrogens is 198 g/mol. The number of rotatable bonds is 5. The van der Waals surface area contributed by atoms with E-state index in [4.69, 9.17) is 10.5 Å². The van der Waals surface area contributed by atoms with Crippen LogP contribution in [0, 0.1) is 18.8 Å². The molecule has 1 saturated carbocycles. The molecule has 1 unspecified atom stereocenters. The van der Waals surface area contributed by atoms with E-state index in [-0.39, 0.29) is 0 Å². The van der Waals surface area contributed by atoms with Crippen LogP contribution in [0.3, 0.4) is 0 Å². The van der Waals surface area contributed by atoms with Gasteiger partial charge in [-0.2, -0.15) is 0 Å². The van der Waals surface area contributed by atoms with E-state index >= 15 is 0 Å². The van der Waals surface area contributed by atoms with Crippen molar-refractivity contribution in [1.82, 2.24) is 0 Å². The Morgan fingerprint density at radius 1 is 1.38 bits per heavy atom. The second-order valence-electron chi connectivity index (χ2n) is 4.76. The summed E-state index contributed by atoms with van der Waals surface area (Å²) >= 11 is 0. The molecule has 2 rings (SSSR count). The van der Waals surface area contributed by atoms with E-state index in [0.717, 1.165) is 24.8 Å². The molecule has 1 aliphatic carbocycles. The van der Waals surface area contributed by atoms with Crippen molar-refractivity contribution in [3.05, 3.63) is 29.8 Å². The van der Waals surface area contributed by atoms with Gasteiger partial charge in [0.1, 0.15) is 5.75 Å². The van der Waals surface area contributed by atoms with Gasteiger partial charge in [-0.15, -0.1) is 0 Å². The van der Waals surface area contributed by atoms with Crippen LogP contribution in [-0.2, 0) is 0 Å². The van der Waals surface area contributed by atoms with Crippen molar-refractivity contribution in [1.29, 1.82) is 0 Å². The highest BCUT2D eigenvalue weighted by molar-refractivity contribution is 5.31. The molecule has 2 heteroatoms. The number of hydrogen-bond donors (Lipinski definition) is 1. The first-order valence-corrected chi connectivity index (χ1v) is 6.19. The lowest BCUT2D eigenvalue weighted by Gasteiger charge is -2.32. The zero-order valence-corrected chi connectivity index (χ0v) is 9.99. The first kappa shape index (κ1) is 11.5. The quantitative estimate of drug-likeness (QED) is 0.826. The average molecular weight is 219 g/mol. The van der Waals surface area contributed by atoms with Gasteiger partial charge in [-0.3, -0.25) is 0 Å². The normalized spacial score (nSPS) is 17.9. The molecule has 0 spiro atoms. The van der Waals surface area contributed by atoms with Gasteiger partial charge in [0, 0.05) is 5.92 Å². The zero-order valence-electron chi connectivity index (χ0n) is 9.99. The molecule has 1 aliphatic rings. The molecule has 0 aliphatic heterocycles. The SMILES string of the molecule is Cc1ccccc1OCC(CN)C1CCC1. The molecule has 0 heterocycles. The summed E-state index contributed by atoms with van der Waals surface area (Å²) in [5.41, 5.74) is 7.01. The molecule has 1 fully saturated rings. The number of ether oxygens (including phenoxy) is 1. The van der Waals surface area contributed by atoms with Crippen LogP contribution < -0.4 is 10.5 Å². The summed E-state index contributed by atoms with van der Waals surface area (Å²) < 4.78 is 5.87. The molecule has 1 aromatic rings. The maximum atomic E-state index is 5.87. The lowest BCUT2D eigenvalue weighted by atomic mass is 9.76. The molecule has 0 bridgehead atoms. The number of hydrogen-bond acceptors (Lipinski definition) is 2. The third-order valence-corrected chi connectivity index (χ3v) is 3.67. The lowest BCUT2D eigenvalue weighted by Crippen LogP contribution is -2.33. The monoisotopic (exact) mass is 219 g/mol. The molecule has 16 heavy (non-hydrogen) atoms. The Morgan fingerprint density at radius 2 is 2.12 bits per heavy atom. The Balaban J connectivity index is 1.88. The van der Waals surface area contributed by atoms with Gasteiger partial charge in [0.15, 0.2) is 0 Å². The van der Waals surface area contributed by atoms with Crippen molar-refractivity contribution in [2.24, 2.45) is 17.6 Å². The highest BCUT2D eigenvalue weighted by atomic mass is 16.5. The molecule has 1 aromatic carbocycles. The molecule has 0 radical (unpaired) electrons. The maximum absolute atomic E-state index is 5.87. The minimum Gasteiger partial charge on any atom is -0.493 e. The highest BCUT2D eigenvalue weighted by Crippen LogP contribution is 2.33. The topological polar surface area (TPSA) is 35.2 Å². The molecule has 2 N–H and O–H groups in total. The molecule has 88 valence electrons. The zero-order chi connectivity index (χ0) is 11.4. The molecule has 0 amide bonds. The second-order valence-corrected chi connectivity index (χ2v) is 4.76. The van der Waals surface area contributed by atoms with Gasteiger partial charge in [-0.05, 0) is 43.9 Å². The van der Waals surface area contributed by atoms with Gasteiger partial charge in [0.2, 0.25) is 0 Å². The van der Waals surface area contributed by atoms with E-state index in [0.29, 0.717) is 5.92 Å². The minimum absolute atomic E-state index is 0.536. The van der Waals surface area contributed by atoms with E-state index in [1.54, 1.807) is 0 Å². The molecule has 1 atom stereocenters. The van der Waals surface area contributed by atoms with Crippen LogP contribution in [0.1, 0.15) is 24.8 Å². The van der Waals surface area contributed by atoms with E-state index in [1.807, 2.05) is 18.2 Å². The fraction of sp³-hybridized carbons (Fsp3) is 0.571. The Morgan fingerprint density at radius 3 is 2.69 bits per heavy atom. The van der Waals surface area contributed by atoms with Crippen molar-refractivity contribution < 1.29 is 4.74 Å². The predicted molar refractivity (Wildman–Crippen MR) is 66.6 cm³/mol. The summed E-state index contributed by atoms with van der Waals surface area (Å²) in [6.07, 6.45) is 4.03. The van der Waals surface area contributed by atoms with Crippen molar-refractivity contribution in [2.45, 2.75) is 26.2 Å². The van der Waals surface area contributed by atoms with Crippen LogP contribution >= 0.6 is 0 Å². The van der Waals surface area contributed by atoms with Gasteiger partial charge in [-0.1, -0.05) is 24.6 Å². The van der Waals surface area contributed by atoms with E-state index in [9.17, 15) is 0 Å². The summed E-state index contributed by atoms with van der Waals surface area (Å²) in [5.74, 6) is 2.34.